The highest BCUT2D eigenvalue weighted by Crippen LogP contribution is 2.29. The molecule has 0 radical (unpaired) electrons. The lowest BCUT2D eigenvalue weighted by Crippen LogP contribution is -2.27. The summed E-state index contributed by atoms with van der Waals surface area (Å²) < 4.78 is 5.01. The van der Waals surface area contributed by atoms with Crippen LogP contribution in [0, 0.1) is 6.92 Å². The summed E-state index contributed by atoms with van der Waals surface area (Å²) in [5.74, 6) is -0.770. The molecule has 1 aromatic heterocycles. The van der Waals surface area contributed by atoms with Crippen molar-refractivity contribution in [2.45, 2.75) is 26.4 Å². The van der Waals surface area contributed by atoms with Crippen molar-refractivity contribution in [1.82, 2.24) is 0 Å². The minimum absolute atomic E-state index is 0.149. The van der Waals surface area contributed by atoms with Crippen molar-refractivity contribution in [2.75, 3.05) is 0 Å². The first-order valence-corrected chi connectivity index (χ1v) is 5.84. The van der Waals surface area contributed by atoms with Crippen LogP contribution < -0.4 is 0 Å². The molecule has 0 spiro atoms. The quantitative estimate of drug-likeness (QED) is 0.427. The third kappa shape index (κ3) is 1.69. The number of ether oxygens (including phenoxy) is 1. The Morgan fingerprint density at radius 3 is 2.50 bits per heavy atom. The van der Waals surface area contributed by atoms with Gasteiger partial charge in [0, 0.05) is 4.88 Å². The highest BCUT2D eigenvalue weighted by atomic mass is 32.1. The summed E-state index contributed by atoms with van der Waals surface area (Å²) >= 11 is 1.50. The molecule has 1 saturated heterocycles. The van der Waals surface area contributed by atoms with Gasteiger partial charge in [-0.05, 0) is 43.9 Å². The number of aryl methyl sites for hydroxylation is 1. The number of Topliss-reactive ketones (excluding diaryl/α,β-unsaturated/α-hetero) is 1. The Balaban J connectivity index is 2.43. The molecule has 2 heterocycles. The van der Waals surface area contributed by atoms with Gasteiger partial charge in [0.05, 0.1) is 0 Å². The van der Waals surface area contributed by atoms with Crippen LogP contribution in [0.5, 0.6) is 0 Å². The number of rotatable bonds is 1. The number of carbonyl (C=O) groups is 2. The van der Waals surface area contributed by atoms with E-state index in [1.54, 1.807) is 19.9 Å². The normalized spacial score (nSPS) is 21.6. The smallest absolute Gasteiger partial charge is 0.342 e. The summed E-state index contributed by atoms with van der Waals surface area (Å²) in [6, 6.07) is 1.95. The van der Waals surface area contributed by atoms with Crippen molar-refractivity contribution < 1.29 is 14.3 Å². The molecular formula is C12H12O3S. The van der Waals surface area contributed by atoms with E-state index in [0.29, 0.717) is 0 Å². The van der Waals surface area contributed by atoms with Crippen molar-refractivity contribution >= 4 is 29.2 Å². The van der Waals surface area contributed by atoms with Crippen LogP contribution in [-0.2, 0) is 14.3 Å². The molecule has 0 atom stereocenters. The van der Waals surface area contributed by atoms with Gasteiger partial charge in [0.2, 0.25) is 5.78 Å². The Labute approximate surface area is 97.7 Å². The Hall–Kier alpha value is -1.42. The van der Waals surface area contributed by atoms with Crippen molar-refractivity contribution in [2.24, 2.45) is 0 Å². The SMILES string of the molecule is Cc1ccsc1C=C1C(=O)OC(C)(C)C1=O. The van der Waals surface area contributed by atoms with Gasteiger partial charge in [0.15, 0.2) is 5.60 Å². The fraction of sp³-hybridized carbons (Fsp3) is 0.333. The summed E-state index contributed by atoms with van der Waals surface area (Å²) in [6.45, 7) is 5.16. The van der Waals surface area contributed by atoms with E-state index in [2.05, 4.69) is 0 Å². The monoisotopic (exact) mass is 236 g/mol. The zero-order valence-electron chi connectivity index (χ0n) is 9.37. The summed E-state index contributed by atoms with van der Waals surface area (Å²) in [7, 11) is 0. The Kier molecular flexibility index (Phi) is 2.46. The van der Waals surface area contributed by atoms with Crippen molar-refractivity contribution in [1.29, 1.82) is 0 Å². The predicted molar refractivity (Wildman–Crippen MR) is 62.2 cm³/mol. The summed E-state index contributed by atoms with van der Waals surface area (Å²) in [5.41, 5.74) is 0.187. The van der Waals surface area contributed by atoms with E-state index in [1.165, 1.54) is 11.3 Å². The highest BCUT2D eigenvalue weighted by Gasteiger charge is 2.44. The minimum atomic E-state index is -1.02. The van der Waals surface area contributed by atoms with Gasteiger partial charge in [0.25, 0.3) is 0 Å². The summed E-state index contributed by atoms with van der Waals surface area (Å²) in [6.07, 6.45) is 1.62. The predicted octanol–water partition coefficient (Wildman–Crippen LogP) is 2.34. The molecule has 0 N–H and O–H groups in total. The maximum absolute atomic E-state index is 11.9. The van der Waals surface area contributed by atoms with Gasteiger partial charge in [-0.25, -0.2) is 4.79 Å². The molecule has 1 fully saturated rings. The van der Waals surface area contributed by atoms with E-state index in [0.717, 1.165) is 10.4 Å². The van der Waals surface area contributed by atoms with E-state index in [-0.39, 0.29) is 11.4 Å². The van der Waals surface area contributed by atoms with Crippen LogP contribution in [0.25, 0.3) is 6.08 Å². The van der Waals surface area contributed by atoms with Crippen LogP contribution in [0.2, 0.25) is 0 Å². The van der Waals surface area contributed by atoms with Gasteiger partial charge in [-0.3, -0.25) is 4.79 Å². The molecule has 2 rings (SSSR count). The van der Waals surface area contributed by atoms with E-state index < -0.39 is 11.6 Å². The van der Waals surface area contributed by atoms with Gasteiger partial charge in [0.1, 0.15) is 5.57 Å². The summed E-state index contributed by atoms with van der Waals surface area (Å²) in [5, 5.41) is 1.93. The maximum Gasteiger partial charge on any atom is 0.342 e. The van der Waals surface area contributed by atoms with Crippen LogP contribution in [0.3, 0.4) is 0 Å². The fourth-order valence-electron chi connectivity index (χ4n) is 1.54. The molecule has 4 heteroatoms. The largest absolute Gasteiger partial charge is 0.448 e. The van der Waals surface area contributed by atoms with Crippen molar-refractivity contribution in [3.05, 3.63) is 27.5 Å². The third-order valence-electron chi connectivity index (χ3n) is 2.54. The number of esters is 1. The molecule has 1 aliphatic heterocycles. The lowest BCUT2D eigenvalue weighted by atomic mass is 10.00. The second-order valence-corrected chi connectivity index (χ2v) is 5.20. The minimum Gasteiger partial charge on any atom is -0.448 e. The number of hydrogen-bond acceptors (Lipinski definition) is 4. The van der Waals surface area contributed by atoms with Crippen LogP contribution in [0.15, 0.2) is 17.0 Å². The standard InChI is InChI=1S/C12H12O3S/c1-7-4-5-16-9(7)6-8-10(13)12(2,3)15-11(8)14/h4-6H,1-3H3. The number of ketones is 1. The number of cyclic esters (lactones) is 1. The van der Waals surface area contributed by atoms with Crippen LogP contribution in [-0.4, -0.2) is 17.4 Å². The van der Waals surface area contributed by atoms with Crippen molar-refractivity contribution in [3.63, 3.8) is 0 Å². The zero-order chi connectivity index (χ0) is 11.9. The molecule has 16 heavy (non-hydrogen) atoms. The molecular weight excluding hydrogens is 224 g/mol. The van der Waals surface area contributed by atoms with Crippen LogP contribution in [0.1, 0.15) is 24.3 Å². The molecule has 3 nitrogen and oxygen atoms in total. The highest BCUT2D eigenvalue weighted by molar-refractivity contribution is 7.11. The van der Waals surface area contributed by atoms with Gasteiger partial charge in [-0.15, -0.1) is 11.3 Å². The molecule has 0 unspecified atom stereocenters. The van der Waals surface area contributed by atoms with E-state index in [9.17, 15) is 9.59 Å². The number of hydrogen-bond donors (Lipinski definition) is 0. The Morgan fingerprint density at radius 2 is 2.06 bits per heavy atom. The van der Waals surface area contributed by atoms with Gasteiger partial charge >= 0.3 is 5.97 Å². The molecule has 0 amide bonds. The molecule has 0 aliphatic carbocycles. The number of thiophene rings is 1. The Morgan fingerprint density at radius 1 is 1.38 bits per heavy atom. The molecule has 1 aromatic rings. The zero-order valence-corrected chi connectivity index (χ0v) is 10.2. The average Bonchev–Trinajstić information content (AvgIpc) is 2.65. The molecule has 1 aliphatic rings. The number of carbonyl (C=O) groups excluding carboxylic acids is 2. The third-order valence-corrected chi connectivity index (χ3v) is 3.50. The first-order chi connectivity index (χ1) is 7.42. The Bertz CT molecular complexity index is 494. The van der Waals surface area contributed by atoms with Gasteiger partial charge in [-0.2, -0.15) is 0 Å². The van der Waals surface area contributed by atoms with Gasteiger partial charge in [-0.1, -0.05) is 0 Å². The molecule has 0 bridgehead atoms. The first kappa shape index (κ1) is 11.1. The first-order valence-electron chi connectivity index (χ1n) is 4.96. The maximum atomic E-state index is 11.9. The fourth-order valence-corrected chi connectivity index (χ4v) is 2.40. The van der Waals surface area contributed by atoms with E-state index >= 15 is 0 Å². The lowest BCUT2D eigenvalue weighted by Gasteiger charge is -2.11. The van der Waals surface area contributed by atoms with E-state index in [1.807, 2.05) is 18.4 Å². The van der Waals surface area contributed by atoms with Gasteiger partial charge < -0.3 is 4.74 Å². The molecule has 0 aromatic carbocycles. The summed E-state index contributed by atoms with van der Waals surface area (Å²) in [4.78, 5) is 24.3. The molecule has 84 valence electrons. The topological polar surface area (TPSA) is 43.4 Å². The van der Waals surface area contributed by atoms with Crippen molar-refractivity contribution in [3.8, 4) is 0 Å². The van der Waals surface area contributed by atoms with Crippen LogP contribution >= 0.6 is 11.3 Å². The second kappa shape index (κ2) is 3.56. The lowest BCUT2D eigenvalue weighted by molar-refractivity contribution is -0.147. The average molecular weight is 236 g/mol. The second-order valence-electron chi connectivity index (χ2n) is 4.25. The van der Waals surface area contributed by atoms with Crippen LogP contribution in [0.4, 0.5) is 0 Å². The molecule has 0 saturated carbocycles. The van der Waals surface area contributed by atoms with E-state index in [4.69, 9.17) is 4.74 Å².